The maximum atomic E-state index is 13.4. The number of halogens is 1. The molecule has 1 heterocycles. The molecular weight excluding hydrogens is 484 g/mol. The molecule has 1 unspecified atom stereocenters. The zero-order chi connectivity index (χ0) is 24.8. The summed E-state index contributed by atoms with van der Waals surface area (Å²) in [6.45, 7) is 0.424. The molecule has 0 saturated carbocycles. The summed E-state index contributed by atoms with van der Waals surface area (Å²) >= 11 is 11.5. The normalized spacial score (nSPS) is 15.3. The van der Waals surface area contributed by atoms with Gasteiger partial charge in [0.15, 0.2) is 0 Å². The molecule has 1 aliphatic rings. The fourth-order valence-electron chi connectivity index (χ4n) is 3.73. The van der Waals surface area contributed by atoms with Gasteiger partial charge in [0.1, 0.15) is 6.04 Å². The highest BCUT2D eigenvalue weighted by molar-refractivity contribution is 7.80. The van der Waals surface area contributed by atoms with Gasteiger partial charge in [-0.1, -0.05) is 60.1 Å². The zero-order valence-corrected chi connectivity index (χ0v) is 20.3. The van der Waals surface area contributed by atoms with Crippen LogP contribution >= 0.6 is 23.8 Å². The summed E-state index contributed by atoms with van der Waals surface area (Å²) < 4.78 is 0. The van der Waals surface area contributed by atoms with Crippen molar-refractivity contribution in [1.29, 1.82) is 0 Å². The Morgan fingerprint density at radius 3 is 2.20 bits per heavy atom. The second-order valence-electron chi connectivity index (χ2n) is 7.92. The van der Waals surface area contributed by atoms with Crippen LogP contribution in [0.2, 0.25) is 5.02 Å². The van der Waals surface area contributed by atoms with E-state index in [0.29, 0.717) is 29.2 Å². The first kappa shape index (κ1) is 24.4. The predicted octanol–water partition coefficient (Wildman–Crippen LogP) is 3.74. The molecule has 4 rings (SSSR count). The standard InChI is InChI=1S/C26H23ClN4O3S/c27-20-13-11-19(12-14-20)24(33)29-31-22(17-23(32)28-16-15-18-7-3-1-4-8-18)25(34)30(26(31)35)21-9-5-2-6-10-21/h1-14,22H,15-17H2,(H,28,32)(H,29,33). The predicted molar refractivity (Wildman–Crippen MR) is 139 cm³/mol. The van der Waals surface area contributed by atoms with E-state index in [0.717, 1.165) is 5.56 Å². The Morgan fingerprint density at radius 1 is 0.914 bits per heavy atom. The van der Waals surface area contributed by atoms with Crippen LogP contribution in [0.15, 0.2) is 84.9 Å². The SMILES string of the molecule is O=C(CC1C(=O)N(c2ccccc2)C(=S)N1NC(=O)c1ccc(Cl)cc1)NCCc1ccccc1. The number of nitrogens with zero attached hydrogens (tertiary/aromatic N) is 2. The molecule has 1 fully saturated rings. The van der Waals surface area contributed by atoms with Gasteiger partial charge in [-0.15, -0.1) is 0 Å². The number of benzene rings is 3. The molecule has 3 amide bonds. The summed E-state index contributed by atoms with van der Waals surface area (Å²) in [4.78, 5) is 40.3. The van der Waals surface area contributed by atoms with Gasteiger partial charge in [0.25, 0.3) is 11.8 Å². The number of amides is 3. The molecule has 0 spiro atoms. The summed E-state index contributed by atoms with van der Waals surface area (Å²) in [5.41, 5.74) is 4.69. The summed E-state index contributed by atoms with van der Waals surface area (Å²) in [6, 6.07) is 24.0. The number of anilines is 1. The van der Waals surface area contributed by atoms with Gasteiger partial charge >= 0.3 is 0 Å². The number of hydrogen-bond donors (Lipinski definition) is 2. The van der Waals surface area contributed by atoms with Gasteiger partial charge in [0.2, 0.25) is 11.0 Å². The van der Waals surface area contributed by atoms with E-state index in [-0.39, 0.29) is 17.4 Å². The van der Waals surface area contributed by atoms with E-state index in [4.69, 9.17) is 23.8 Å². The molecule has 3 aromatic carbocycles. The van der Waals surface area contributed by atoms with Gasteiger partial charge in [0.05, 0.1) is 12.1 Å². The third-order valence-electron chi connectivity index (χ3n) is 5.51. The molecule has 1 aliphatic heterocycles. The molecule has 1 atom stereocenters. The van der Waals surface area contributed by atoms with Crippen molar-refractivity contribution in [3.05, 3.63) is 101 Å². The van der Waals surface area contributed by atoms with Crippen molar-refractivity contribution in [2.24, 2.45) is 0 Å². The van der Waals surface area contributed by atoms with E-state index in [2.05, 4.69) is 10.7 Å². The molecule has 0 bridgehead atoms. The van der Waals surface area contributed by atoms with Crippen molar-refractivity contribution in [2.75, 3.05) is 11.4 Å². The second-order valence-corrected chi connectivity index (χ2v) is 8.72. The summed E-state index contributed by atoms with van der Waals surface area (Å²) in [7, 11) is 0. The Bertz CT molecular complexity index is 1220. The lowest BCUT2D eigenvalue weighted by atomic mass is 10.1. The number of rotatable bonds is 8. The van der Waals surface area contributed by atoms with Crippen molar-refractivity contribution in [2.45, 2.75) is 18.9 Å². The number of hydrogen-bond acceptors (Lipinski definition) is 4. The van der Waals surface area contributed by atoms with Crippen LogP contribution in [0.4, 0.5) is 5.69 Å². The minimum absolute atomic E-state index is 0.0885. The van der Waals surface area contributed by atoms with E-state index in [9.17, 15) is 14.4 Å². The molecule has 0 radical (unpaired) electrons. The van der Waals surface area contributed by atoms with Crippen LogP contribution in [0.5, 0.6) is 0 Å². The van der Waals surface area contributed by atoms with Crippen LogP contribution in [0, 0.1) is 0 Å². The fraction of sp³-hybridized carbons (Fsp3) is 0.154. The highest BCUT2D eigenvalue weighted by atomic mass is 35.5. The lowest BCUT2D eigenvalue weighted by Gasteiger charge is -2.24. The first-order chi connectivity index (χ1) is 16.9. The van der Waals surface area contributed by atoms with Crippen molar-refractivity contribution >= 4 is 52.3 Å². The van der Waals surface area contributed by atoms with E-state index >= 15 is 0 Å². The molecule has 0 aliphatic carbocycles. The smallest absolute Gasteiger partial charge is 0.269 e. The molecule has 3 aromatic rings. The Labute approximate surface area is 213 Å². The van der Waals surface area contributed by atoms with E-state index in [1.54, 1.807) is 48.5 Å². The monoisotopic (exact) mass is 506 g/mol. The Hall–Kier alpha value is -3.75. The average molecular weight is 507 g/mol. The van der Waals surface area contributed by atoms with Crippen molar-refractivity contribution in [3.8, 4) is 0 Å². The first-order valence-corrected chi connectivity index (χ1v) is 11.8. The minimum Gasteiger partial charge on any atom is -0.356 e. The average Bonchev–Trinajstić information content (AvgIpc) is 3.09. The third-order valence-corrected chi connectivity index (χ3v) is 6.15. The van der Waals surface area contributed by atoms with E-state index < -0.39 is 17.9 Å². The second kappa shape index (κ2) is 11.1. The Balaban J connectivity index is 1.49. The highest BCUT2D eigenvalue weighted by Crippen LogP contribution is 2.26. The highest BCUT2D eigenvalue weighted by Gasteiger charge is 2.45. The van der Waals surface area contributed by atoms with Crippen LogP contribution < -0.4 is 15.6 Å². The van der Waals surface area contributed by atoms with Gasteiger partial charge in [-0.2, -0.15) is 0 Å². The van der Waals surface area contributed by atoms with Gasteiger partial charge in [0, 0.05) is 17.1 Å². The van der Waals surface area contributed by atoms with Crippen LogP contribution in [0.1, 0.15) is 22.3 Å². The van der Waals surface area contributed by atoms with Gasteiger partial charge in [-0.25, -0.2) is 5.01 Å². The Kier molecular flexibility index (Phi) is 7.74. The molecule has 1 saturated heterocycles. The van der Waals surface area contributed by atoms with Crippen LogP contribution in [-0.4, -0.2) is 40.4 Å². The minimum atomic E-state index is -0.990. The lowest BCUT2D eigenvalue weighted by Crippen LogP contribution is -2.50. The molecule has 0 aromatic heterocycles. The van der Waals surface area contributed by atoms with E-state index in [1.807, 2.05) is 36.4 Å². The topological polar surface area (TPSA) is 81.8 Å². The first-order valence-electron chi connectivity index (χ1n) is 11.0. The third kappa shape index (κ3) is 5.85. The van der Waals surface area contributed by atoms with Crippen LogP contribution in [-0.2, 0) is 16.0 Å². The maximum absolute atomic E-state index is 13.4. The largest absolute Gasteiger partial charge is 0.356 e. The van der Waals surface area contributed by atoms with Gasteiger partial charge in [-0.3, -0.25) is 24.7 Å². The van der Waals surface area contributed by atoms with Crippen molar-refractivity contribution in [1.82, 2.24) is 15.8 Å². The Morgan fingerprint density at radius 2 is 1.54 bits per heavy atom. The van der Waals surface area contributed by atoms with Crippen molar-refractivity contribution in [3.63, 3.8) is 0 Å². The van der Waals surface area contributed by atoms with E-state index in [1.165, 1.54) is 9.91 Å². The number of hydrazine groups is 1. The summed E-state index contributed by atoms with van der Waals surface area (Å²) in [5.74, 6) is -1.18. The van der Waals surface area contributed by atoms with Gasteiger partial charge in [-0.05, 0) is 60.6 Å². The molecular formula is C26H23ClN4O3S. The number of carbonyl (C=O) groups excluding carboxylic acids is 3. The van der Waals surface area contributed by atoms with Crippen LogP contribution in [0.25, 0.3) is 0 Å². The lowest BCUT2D eigenvalue weighted by molar-refractivity contribution is -0.127. The number of thiocarbonyl (C=S) groups is 1. The number of carbonyl (C=O) groups is 3. The summed E-state index contributed by atoms with van der Waals surface area (Å²) in [5, 5.41) is 4.73. The molecule has 7 nitrogen and oxygen atoms in total. The number of para-hydroxylation sites is 1. The summed E-state index contributed by atoms with van der Waals surface area (Å²) in [6.07, 6.45) is 0.495. The molecule has 9 heteroatoms. The van der Waals surface area contributed by atoms with Crippen molar-refractivity contribution < 1.29 is 14.4 Å². The number of nitrogens with one attached hydrogen (secondary N) is 2. The maximum Gasteiger partial charge on any atom is 0.269 e. The molecule has 35 heavy (non-hydrogen) atoms. The van der Waals surface area contributed by atoms with Gasteiger partial charge < -0.3 is 5.32 Å². The zero-order valence-electron chi connectivity index (χ0n) is 18.7. The van der Waals surface area contributed by atoms with Crippen LogP contribution in [0.3, 0.4) is 0 Å². The fourth-order valence-corrected chi connectivity index (χ4v) is 4.22. The molecule has 2 N–H and O–H groups in total. The molecule has 178 valence electrons. The quantitative estimate of drug-likeness (QED) is 0.455.